The van der Waals surface area contributed by atoms with Crippen molar-refractivity contribution < 1.29 is 14.7 Å². The largest absolute Gasteiger partial charge is 0.480 e. The number of amides is 1. The summed E-state index contributed by atoms with van der Waals surface area (Å²) in [6, 6.07) is 5.14. The molecule has 1 rings (SSSR count). The van der Waals surface area contributed by atoms with E-state index in [1.54, 1.807) is 43.9 Å². The number of aliphatic carboxylic acids is 1. The van der Waals surface area contributed by atoms with Crippen LogP contribution in [0.5, 0.6) is 0 Å². The predicted molar refractivity (Wildman–Crippen MR) is 74.4 cm³/mol. The van der Waals surface area contributed by atoms with E-state index in [4.69, 9.17) is 5.73 Å². The molecule has 0 saturated heterocycles. The Morgan fingerprint density at radius 1 is 1.37 bits per heavy atom. The van der Waals surface area contributed by atoms with E-state index < -0.39 is 17.4 Å². The number of hydrogen-bond donors (Lipinski definition) is 2. The second kappa shape index (κ2) is 5.30. The van der Waals surface area contributed by atoms with Gasteiger partial charge in [0.05, 0.1) is 0 Å². The highest BCUT2D eigenvalue weighted by Gasteiger charge is 2.34. The van der Waals surface area contributed by atoms with Crippen LogP contribution < -0.4 is 10.6 Å². The summed E-state index contributed by atoms with van der Waals surface area (Å²) in [7, 11) is 0. The van der Waals surface area contributed by atoms with Crippen LogP contribution in [0.1, 0.15) is 36.7 Å². The van der Waals surface area contributed by atoms with Gasteiger partial charge in [0, 0.05) is 17.8 Å². The molecule has 0 aromatic heterocycles. The Bertz CT molecular complexity index is 509. The molecule has 0 atom stereocenters. The normalized spacial score (nSPS) is 11.2. The lowest BCUT2D eigenvalue weighted by atomic mass is 10.00. The Kier molecular flexibility index (Phi) is 4.19. The van der Waals surface area contributed by atoms with Crippen molar-refractivity contribution in [2.75, 3.05) is 11.4 Å². The van der Waals surface area contributed by atoms with E-state index in [-0.39, 0.29) is 0 Å². The summed E-state index contributed by atoms with van der Waals surface area (Å²) < 4.78 is 0. The molecule has 0 radical (unpaired) electrons. The maximum absolute atomic E-state index is 11.3. The molecule has 1 aromatic rings. The van der Waals surface area contributed by atoms with Gasteiger partial charge in [0.1, 0.15) is 5.54 Å². The molecule has 1 amide bonds. The van der Waals surface area contributed by atoms with Gasteiger partial charge in [-0.2, -0.15) is 0 Å². The molecule has 0 bridgehead atoms. The number of hydrogen-bond acceptors (Lipinski definition) is 3. The predicted octanol–water partition coefficient (Wildman–Crippen LogP) is 1.78. The summed E-state index contributed by atoms with van der Waals surface area (Å²) in [5.74, 6) is -1.38. The lowest BCUT2D eigenvalue weighted by molar-refractivity contribution is -0.142. The minimum atomic E-state index is -1.02. The first kappa shape index (κ1) is 15.0. The van der Waals surface area contributed by atoms with Crippen molar-refractivity contribution in [2.45, 2.75) is 33.2 Å². The monoisotopic (exact) mass is 264 g/mol. The number of nitrogens with two attached hydrogens (primary N) is 1. The van der Waals surface area contributed by atoms with Crippen molar-refractivity contribution in [1.29, 1.82) is 0 Å². The maximum atomic E-state index is 11.3. The zero-order valence-corrected chi connectivity index (χ0v) is 11.7. The second-order valence-corrected chi connectivity index (χ2v) is 4.97. The smallest absolute Gasteiger partial charge is 0.328 e. The van der Waals surface area contributed by atoms with Gasteiger partial charge in [-0.1, -0.05) is 0 Å². The molecule has 5 heteroatoms. The Balaban J connectivity index is 3.25. The Hall–Kier alpha value is -2.04. The summed E-state index contributed by atoms with van der Waals surface area (Å²) >= 11 is 0. The van der Waals surface area contributed by atoms with Gasteiger partial charge in [-0.25, -0.2) is 4.79 Å². The van der Waals surface area contributed by atoms with Gasteiger partial charge >= 0.3 is 5.97 Å². The molecule has 0 saturated carbocycles. The number of carboxylic acid groups (broad SMARTS) is 1. The fourth-order valence-corrected chi connectivity index (χ4v) is 2.11. The molecular weight excluding hydrogens is 244 g/mol. The molecule has 104 valence electrons. The zero-order valence-electron chi connectivity index (χ0n) is 11.7. The molecule has 0 aliphatic heterocycles. The number of benzene rings is 1. The van der Waals surface area contributed by atoms with Crippen LogP contribution >= 0.6 is 0 Å². The van der Waals surface area contributed by atoms with Crippen LogP contribution in [0, 0.1) is 6.92 Å². The highest BCUT2D eigenvalue weighted by Crippen LogP contribution is 2.26. The highest BCUT2D eigenvalue weighted by molar-refractivity contribution is 5.95. The second-order valence-electron chi connectivity index (χ2n) is 4.97. The number of carbonyl (C=O) groups excluding carboxylic acids is 1. The molecule has 3 N–H and O–H groups in total. The maximum Gasteiger partial charge on any atom is 0.328 e. The van der Waals surface area contributed by atoms with E-state index in [0.717, 1.165) is 11.3 Å². The van der Waals surface area contributed by atoms with Crippen molar-refractivity contribution in [1.82, 2.24) is 0 Å². The van der Waals surface area contributed by atoms with E-state index in [9.17, 15) is 14.7 Å². The Morgan fingerprint density at radius 2 is 1.95 bits per heavy atom. The number of primary amides is 1. The van der Waals surface area contributed by atoms with E-state index in [1.165, 1.54) is 0 Å². The molecule has 0 spiro atoms. The Labute approximate surface area is 113 Å². The molecule has 0 aliphatic rings. The van der Waals surface area contributed by atoms with Crippen LogP contribution in [0.2, 0.25) is 0 Å². The summed E-state index contributed by atoms with van der Waals surface area (Å²) in [6.07, 6.45) is 0. The van der Waals surface area contributed by atoms with Crippen LogP contribution in [0.3, 0.4) is 0 Å². The number of aryl methyl sites for hydroxylation is 1. The standard InChI is InChI=1S/C14H20N2O3/c1-5-16(14(3,4)13(18)19)10-6-7-11(12(15)17)9(2)8-10/h6-8H,5H2,1-4H3,(H2,15,17)(H,18,19). The molecule has 0 unspecified atom stereocenters. The summed E-state index contributed by atoms with van der Waals surface area (Å²) in [5, 5.41) is 9.30. The minimum Gasteiger partial charge on any atom is -0.480 e. The van der Waals surface area contributed by atoms with E-state index >= 15 is 0 Å². The number of likely N-dealkylation sites (N-methyl/N-ethyl adjacent to an activating group) is 1. The van der Waals surface area contributed by atoms with Gasteiger partial charge in [-0.3, -0.25) is 4.79 Å². The molecule has 1 aromatic carbocycles. The first-order chi connectivity index (χ1) is 8.71. The van der Waals surface area contributed by atoms with Crippen molar-refractivity contribution in [2.24, 2.45) is 5.73 Å². The van der Waals surface area contributed by atoms with E-state index in [1.807, 2.05) is 6.92 Å². The molecule has 0 fully saturated rings. The van der Waals surface area contributed by atoms with Crippen LogP contribution in [-0.2, 0) is 4.79 Å². The number of nitrogens with zero attached hydrogens (tertiary/aromatic N) is 1. The number of carbonyl (C=O) groups is 2. The molecule has 19 heavy (non-hydrogen) atoms. The molecule has 0 aliphatic carbocycles. The van der Waals surface area contributed by atoms with Gasteiger partial charge in [0.25, 0.3) is 0 Å². The molecular formula is C14H20N2O3. The average molecular weight is 264 g/mol. The topological polar surface area (TPSA) is 83.6 Å². The SMILES string of the molecule is CCN(c1ccc(C(N)=O)c(C)c1)C(C)(C)C(=O)O. The zero-order chi connectivity index (χ0) is 14.8. The van der Waals surface area contributed by atoms with Crippen LogP contribution in [0.25, 0.3) is 0 Å². The molecule has 5 nitrogen and oxygen atoms in total. The third-order valence-corrected chi connectivity index (χ3v) is 3.30. The fraction of sp³-hybridized carbons (Fsp3) is 0.429. The van der Waals surface area contributed by atoms with Crippen molar-refractivity contribution in [3.8, 4) is 0 Å². The van der Waals surface area contributed by atoms with Crippen molar-refractivity contribution in [3.05, 3.63) is 29.3 Å². The van der Waals surface area contributed by atoms with Crippen molar-refractivity contribution in [3.63, 3.8) is 0 Å². The van der Waals surface area contributed by atoms with Gasteiger partial charge in [-0.05, 0) is 51.5 Å². The number of carboxylic acids is 1. The third kappa shape index (κ3) is 2.86. The fourth-order valence-electron chi connectivity index (χ4n) is 2.11. The minimum absolute atomic E-state index is 0.452. The lowest BCUT2D eigenvalue weighted by Gasteiger charge is -2.36. The Morgan fingerprint density at radius 3 is 2.32 bits per heavy atom. The van der Waals surface area contributed by atoms with E-state index in [2.05, 4.69) is 0 Å². The van der Waals surface area contributed by atoms with E-state index in [0.29, 0.717) is 12.1 Å². The first-order valence-electron chi connectivity index (χ1n) is 6.13. The summed E-state index contributed by atoms with van der Waals surface area (Å²) in [6.45, 7) is 7.52. The average Bonchev–Trinajstić information content (AvgIpc) is 2.28. The summed E-state index contributed by atoms with van der Waals surface area (Å²) in [4.78, 5) is 24.3. The first-order valence-corrected chi connectivity index (χ1v) is 6.13. The van der Waals surface area contributed by atoms with Crippen molar-refractivity contribution >= 4 is 17.6 Å². The van der Waals surface area contributed by atoms with Gasteiger partial charge in [0.15, 0.2) is 0 Å². The van der Waals surface area contributed by atoms with Gasteiger partial charge in [0.2, 0.25) is 5.91 Å². The quantitative estimate of drug-likeness (QED) is 0.849. The van der Waals surface area contributed by atoms with Crippen LogP contribution in [0.15, 0.2) is 18.2 Å². The van der Waals surface area contributed by atoms with Gasteiger partial charge < -0.3 is 15.7 Å². The third-order valence-electron chi connectivity index (χ3n) is 3.30. The number of anilines is 1. The summed E-state index contributed by atoms with van der Waals surface area (Å²) in [5.41, 5.74) is 6.20. The number of rotatable bonds is 5. The molecule has 0 heterocycles. The van der Waals surface area contributed by atoms with Crippen LogP contribution in [-0.4, -0.2) is 29.1 Å². The van der Waals surface area contributed by atoms with Crippen LogP contribution in [0.4, 0.5) is 5.69 Å². The lowest BCUT2D eigenvalue weighted by Crippen LogP contribution is -2.50. The highest BCUT2D eigenvalue weighted by atomic mass is 16.4. The van der Waals surface area contributed by atoms with Gasteiger partial charge in [-0.15, -0.1) is 0 Å².